The molecule has 16 heavy (non-hydrogen) atoms. The number of amides is 1. The van der Waals surface area contributed by atoms with Gasteiger partial charge in [-0.2, -0.15) is 0 Å². The van der Waals surface area contributed by atoms with Crippen LogP contribution in [-0.2, 0) is 4.74 Å². The van der Waals surface area contributed by atoms with E-state index in [2.05, 4.69) is 4.74 Å². The first-order valence-corrected chi connectivity index (χ1v) is 5.11. The zero-order valence-corrected chi connectivity index (χ0v) is 10.6. The molecule has 0 saturated carbocycles. The molecule has 0 heterocycles. The Balaban J connectivity index is 3.15. The fourth-order valence-electron chi connectivity index (χ4n) is 1.17. The number of halogens is 2. The lowest BCUT2D eigenvalue weighted by atomic mass is 10.3. The summed E-state index contributed by atoms with van der Waals surface area (Å²) < 4.78 is 9.57. The number of carbonyl (C=O) groups is 1. The highest BCUT2D eigenvalue weighted by Crippen LogP contribution is 2.35. The monoisotopic (exact) mass is 263 g/mol. The standard InChI is InChI=1S/C10H11Cl2NO3/c1-13(10(14)16-3)8-4-7(12)9(15-2)5-6(8)11/h4-5H,1-3H3. The smallest absolute Gasteiger partial charge is 0.413 e. The molecule has 1 rings (SSSR count). The van der Waals surface area contributed by atoms with Crippen LogP contribution in [0, 0.1) is 0 Å². The van der Waals surface area contributed by atoms with Crippen LogP contribution in [0.1, 0.15) is 0 Å². The van der Waals surface area contributed by atoms with Crippen LogP contribution < -0.4 is 9.64 Å². The second-order valence-corrected chi connectivity index (χ2v) is 3.78. The quantitative estimate of drug-likeness (QED) is 0.823. The van der Waals surface area contributed by atoms with E-state index in [-0.39, 0.29) is 0 Å². The summed E-state index contributed by atoms with van der Waals surface area (Å²) >= 11 is 11.9. The van der Waals surface area contributed by atoms with Crippen molar-refractivity contribution in [2.45, 2.75) is 0 Å². The van der Waals surface area contributed by atoms with Gasteiger partial charge in [-0.15, -0.1) is 0 Å². The van der Waals surface area contributed by atoms with Crippen LogP contribution >= 0.6 is 23.2 Å². The minimum absolute atomic E-state index is 0.356. The molecule has 0 N–H and O–H groups in total. The van der Waals surface area contributed by atoms with E-state index in [1.165, 1.54) is 26.2 Å². The van der Waals surface area contributed by atoms with Gasteiger partial charge in [-0.25, -0.2) is 4.79 Å². The summed E-state index contributed by atoms with van der Waals surface area (Å²) in [7, 11) is 4.31. The summed E-state index contributed by atoms with van der Waals surface area (Å²) in [5.74, 6) is 0.452. The SMILES string of the molecule is COC(=O)N(C)c1cc(Cl)c(OC)cc1Cl. The van der Waals surface area contributed by atoms with Crippen molar-refractivity contribution in [2.75, 3.05) is 26.2 Å². The van der Waals surface area contributed by atoms with Crippen LogP contribution in [0.15, 0.2) is 12.1 Å². The number of hydrogen-bond acceptors (Lipinski definition) is 3. The van der Waals surface area contributed by atoms with Crippen molar-refractivity contribution in [3.05, 3.63) is 22.2 Å². The van der Waals surface area contributed by atoms with Crippen molar-refractivity contribution in [3.63, 3.8) is 0 Å². The van der Waals surface area contributed by atoms with E-state index < -0.39 is 6.09 Å². The predicted octanol–water partition coefficient (Wildman–Crippen LogP) is 3.20. The van der Waals surface area contributed by atoms with Crippen molar-refractivity contribution in [1.29, 1.82) is 0 Å². The molecule has 88 valence electrons. The van der Waals surface area contributed by atoms with Crippen molar-refractivity contribution in [3.8, 4) is 5.75 Å². The molecule has 0 spiro atoms. The number of benzene rings is 1. The van der Waals surface area contributed by atoms with Crippen LogP contribution in [0.3, 0.4) is 0 Å². The Bertz CT molecular complexity index is 409. The first kappa shape index (κ1) is 12.9. The molecule has 0 aliphatic carbocycles. The molecule has 0 bridgehead atoms. The predicted molar refractivity (Wildman–Crippen MR) is 63.8 cm³/mol. The van der Waals surface area contributed by atoms with Gasteiger partial charge in [0.1, 0.15) is 5.75 Å². The van der Waals surface area contributed by atoms with Gasteiger partial charge >= 0.3 is 6.09 Å². The topological polar surface area (TPSA) is 38.8 Å². The highest BCUT2D eigenvalue weighted by Gasteiger charge is 2.16. The van der Waals surface area contributed by atoms with Crippen molar-refractivity contribution in [1.82, 2.24) is 0 Å². The van der Waals surface area contributed by atoms with E-state index in [0.717, 1.165) is 0 Å². The van der Waals surface area contributed by atoms with E-state index in [1.54, 1.807) is 12.1 Å². The molecule has 6 heteroatoms. The third-order valence-corrected chi connectivity index (χ3v) is 2.63. The fraction of sp³-hybridized carbons (Fsp3) is 0.300. The Hall–Kier alpha value is -1.13. The summed E-state index contributed by atoms with van der Waals surface area (Å²) in [6, 6.07) is 3.08. The first-order valence-electron chi connectivity index (χ1n) is 4.36. The molecule has 0 radical (unpaired) electrons. The maximum atomic E-state index is 11.3. The molecule has 0 aliphatic heterocycles. The lowest BCUT2D eigenvalue weighted by Gasteiger charge is -2.18. The third kappa shape index (κ3) is 2.51. The summed E-state index contributed by atoms with van der Waals surface area (Å²) in [5, 5.41) is 0.729. The van der Waals surface area contributed by atoms with Gasteiger partial charge in [-0.05, 0) is 6.07 Å². The van der Waals surface area contributed by atoms with E-state index in [0.29, 0.717) is 21.5 Å². The molecule has 0 aromatic heterocycles. The average Bonchev–Trinajstić information content (AvgIpc) is 2.29. The van der Waals surface area contributed by atoms with Crippen molar-refractivity contribution in [2.24, 2.45) is 0 Å². The molecule has 4 nitrogen and oxygen atoms in total. The molecule has 0 fully saturated rings. The Kier molecular flexibility index (Phi) is 4.26. The zero-order valence-electron chi connectivity index (χ0n) is 9.08. The van der Waals surface area contributed by atoms with Gasteiger partial charge in [0, 0.05) is 13.1 Å². The number of hydrogen-bond donors (Lipinski definition) is 0. The molecule has 0 aliphatic rings. The summed E-state index contributed by atoms with van der Waals surface area (Å²) in [4.78, 5) is 12.6. The highest BCUT2D eigenvalue weighted by molar-refractivity contribution is 6.36. The van der Waals surface area contributed by atoms with Gasteiger partial charge in [-0.1, -0.05) is 23.2 Å². The maximum absolute atomic E-state index is 11.3. The average molecular weight is 264 g/mol. The van der Waals surface area contributed by atoms with Crippen molar-refractivity contribution >= 4 is 35.0 Å². The molecule has 0 unspecified atom stereocenters. The molecule has 0 saturated heterocycles. The number of methoxy groups -OCH3 is 2. The first-order chi connectivity index (χ1) is 7.51. The molecule has 1 aromatic rings. The maximum Gasteiger partial charge on any atom is 0.413 e. The second kappa shape index (κ2) is 5.27. The largest absolute Gasteiger partial charge is 0.495 e. The summed E-state index contributed by atoms with van der Waals surface area (Å²) in [5.41, 5.74) is 0.458. The Labute approximate surface area is 104 Å². The van der Waals surface area contributed by atoms with E-state index >= 15 is 0 Å². The lowest BCUT2D eigenvalue weighted by molar-refractivity contribution is 0.180. The number of anilines is 1. The van der Waals surface area contributed by atoms with Crippen LogP contribution in [0.4, 0.5) is 10.5 Å². The third-order valence-electron chi connectivity index (χ3n) is 2.03. The Morgan fingerprint density at radius 2 is 1.88 bits per heavy atom. The van der Waals surface area contributed by atoms with Gasteiger partial charge in [0.15, 0.2) is 0 Å². The van der Waals surface area contributed by atoms with Gasteiger partial charge < -0.3 is 9.47 Å². The molecule has 0 atom stereocenters. The Morgan fingerprint density at radius 3 is 2.38 bits per heavy atom. The highest BCUT2D eigenvalue weighted by atomic mass is 35.5. The molecule has 1 aromatic carbocycles. The summed E-state index contributed by atoms with van der Waals surface area (Å²) in [6.07, 6.45) is -0.525. The van der Waals surface area contributed by atoms with Gasteiger partial charge in [0.25, 0.3) is 0 Å². The lowest BCUT2D eigenvalue weighted by Crippen LogP contribution is -2.26. The minimum Gasteiger partial charge on any atom is -0.495 e. The number of ether oxygens (including phenoxy) is 2. The van der Waals surface area contributed by atoms with E-state index in [1.807, 2.05) is 0 Å². The molecular formula is C10H11Cl2NO3. The number of nitrogens with zero attached hydrogens (tertiary/aromatic N) is 1. The van der Waals surface area contributed by atoms with E-state index in [4.69, 9.17) is 27.9 Å². The van der Waals surface area contributed by atoms with Crippen LogP contribution in [0.2, 0.25) is 10.0 Å². The van der Waals surface area contributed by atoms with Crippen LogP contribution in [-0.4, -0.2) is 27.4 Å². The fourth-order valence-corrected chi connectivity index (χ4v) is 1.68. The van der Waals surface area contributed by atoms with Gasteiger partial charge in [-0.3, -0.25) is 4.90 Å². The summed E-state index contributed by atoms with van der Waals surface area (Å²) in [6.45, 7) is 0. The second-order valence-electron chi connectivity index (χ2n) is 2.97. The van der Waals surface area contributed by atoms with Gasteiger partial charge in [0.05, 0.1) is 30.0 Å². The Morgan fingerprint density at radius 1 is 1.25 bits per heavy atom. The van der Waals surface area contributed by atoms with Gasteiger partial charge in [0.2, 0.25) is 0 Å². The van der Waals surface area contributed by atoms with Crippen LogP contribution in [0.5, 0.6) is 5.75 Å². The normalized spacial score (nSPS) is 9.81. The van der Waals surface area contributed by atoms with Crippen molar-refractivity contribution < 1.29 is 14.3 Å². The minimum atomic E-state index is -0.525. The zero-order chi connectivity index (χ0) is 12.3. The molecule has 1 amide bonds. The van der Waals surface area contributed by atoms with Crippen LogP contribution in [0.25, 0.3) is 0 Å². The number of carbonyl (C=O) groups excluding carboxylic acids is 1. The van der Waals surface area contributed by atoms with E-state index in [9.17, 15) is 4.79 Å². The molecular weight excluding hydrogens is 253 g/mol. The number of rotatable bonds is 2.